The number of nitrogens with zero attached hydrogens (tertiary/aromatic N) is 6. The second-order valence-corrected chi connectivity index (χ2v) is 7.36. The fourth-order valence-corrected chi connectivity index (χ4v) is 3.84. The molecule has 4 aromatic heterocycles. The van der Waals surface area contributed by atoms with Crippen LogP contribution in [0.5, 0.6) is 11.5 Å². The Morgan fingerprint density at radius 2 is 1.97 bits per heavy atom. The molecule has 0 atom stereocenters. The van der Waals surface area contributed by atoms with E-state index in [4.69, 9.17) is 9.47 Å². The third-order valence-electron chi connectivity index (χ3n) is 4.64. The van der Waals surface area contributed by atoms with Gasteiger partial charge in [0.05, 0.1) is 5.69 Å². The molecule has 10 nitrogen and oxygen atoms in total. The lowest BCUT2D eigenvalue weighted by Gasteiger charge is -2.10. The van der Waals surface area contributed by atoms with Gasteiger partial charge >= 0.3 is 0 Å². The maximum Gasteiger partial charge on any atom is 0.232 e. The highest BCUT2D eigenvalue weighted by molar-refractivity contribution is 7.08. The lowest BCUT2D eigenvalue weighted by molar-refractivity contribution is 0.174. The van der Waals surface area contributed by atoms with Gasteiger partial charge in [0.25, 0.3) is 0 Å². The Bertz CT molecular complexity index is 1370. The van der Waals surface area contributed by atoms with Crippen molar-refractivity contribution in [1.29, 1.82) is 0 Å². The summed E-state index contributed by atoms with van der Waals surface area (Å²) in [4.78, 5) is 22.0. The summed E-state index contributed by atoms with van der Waals surface area (Å²) in [6.07, 6.45) is 4.85. The molecule has 152 valence electrons. The molecule has 0 bridgehead atoms. The number of nitrogens with one attached hydrogen (secondary N) is 2. The van der Waals surface area contributed by atoms with Crippen LogP contribution < -0.4 is 20.1 Å². The number of thiophene rings is 1. The van der Waals surface area contributed by atoms with Gasteiger partial charge in [-0.2, -0.15) is 21.3 Å². The summed E-state index contributed by atoms with van der Waals surface area (Å²) in [5, 5.41) is 10.5. The molecule has 0 fully saturated rings. The van der Waals surface area contributed by atoms with Gasteiger partial charge < -0.3 is 20.1 Å². The molecule has 1 aliphatic heterocycles. The molecule has 0 radical (unpaired) electrons. The molecule has 0 saturated carbocycles. The van der Waals surface area contributed by atoms with E-state index in [2.05, 4.69) is 35.6 Å². The van der Waals surface area contributed by atoms with Crippen molar-refractivity contribution in [3.8, 4) is 17.2 Å². The zero-order valence-electron chi connectivity index (χ0n) is 15.9. The number of hydrogen-bond donors (Lipinski definition) is 2. The molecule has 1 aromatic carbocycles. The van der Waals surface area contributed by atoms with Crippen LogP contribution >= 0.6 is 11.3 Å². The van der Waals surface area contributed by atoms with Crippen molar-refractivity contribution in [2.75, 3.05) is 17.4 Å². The van der Waals surface area contributed by atoms with Gasteiger partial charge in [0, 0.05) is 23.3 Å². The maximum atomic E-state index is 5.48. The van der Waals surface area contributed by atoms with Crippen LogP contribution in [0.15, 0.2) is 59.9 Å². The van der Waals surface area contributed by atoms with Gasteiger partial charge in [-0.15, -0.1) is 0 Å². The first kappa shape index (κ1) is 17.6. The number of anilines is 4. The maximum absolute atomic E-state index is 5.48. The Labute approximate surface area is 179 Å². The smallest absolute Gasteiger partial charge is 0.232 e. The molecule has 0 unspecified atom stereocenters. The number of rotatable bonds is 5. The fourth-order valence-electron chi connectivity index (χ4n) is 3.22. The van der Waals surface area contributed by atoms with Crippen molar-refractivity contribution in [1.82, 2.24) is 29.5 Å². The van der Waals surface area contributed by atoms with Crippen molar-refractivity contribution >= 4 is 45.8 Å². The van der Waals surface area contributed by atoms with Gasteiger partial charge in [0.1, 0.15) is 18.5 Å². The first-order valence-corrected chi connectivity index (χ1v) is 10.3. The Hall–Kier alpha value is -4.25. The minimum Gasteiger partial charge on any atom is -0.454 e. The zero-order valence-corrected chi connectivity index (χ0v) is 16.7. The van der Waals surface area contributed by atoms with E-state index in [1.165, 1.54) is 6.33 Å². The average Bonchev–Trinajstić information content (AvgIpc) is 3.54. The Morgan fingerprint density at radius 1 is 1.00 bits per heavy atom. The monoisotopic (exact) mass is 430 g/mol. The predicted molar refractivity (Wildman–Crippen MR) is 116 cm³/mol. The second-order valence-electron chi connectivity index (χ2n) is 6.58. The molecule has 0 spiro atoms. The molecule has 5 aromatic rings. The third-order valence-corrected chi connectivity index (χ3v) is 5.31. The minimum absolute atomic E-state index is 0.217. The lowest BCUT2D eigenvalue weighted by atomic mass is 10.2. The van der Waals surface area contributed by atoms with Crippen LogP contribution in [-0.4, -0.2) is 36.3 Å². The Balaban J connectivity index is 1.45. The molecular weight excluding hydrogens is 416 g/mol. The van der Waals surface area contributed by atoms with Gasteiger partial charge in [-0.05, 0) is 29.6 Å². The highest BCUT2D eigenvalue weighted by atomic mass is 32.1. The van der Waals surface area contributed by atoms with Crippen LogP contribution in [0.1, 0.15) is 0 Å². The number of hydrogen-bond acceptors (Lipinski definition) is 10. The van der Waals surface area contributed by atoms with E-state index in [9.17, 15) is 0 Å². The van der Waals surface area contributed by atoms with Crippen molar-refractivity contribution in [3.63, 3.8) is 0 Å². The summed E-state index contributed by atoms with van der Waals surface area (Å²) in [6, 6.07) is 9.37. The van der Waals surface area contributed by atoms with E-state index in [1.807, 2.05) is 39.6 Å². The predicted octanol–water partition coefficient (Wildman–Crippen LogP) is 3.88. The zero-order chi connectivity index (χ0) is 20.6. The molecule has 1 aliphatic rings. The lowest BCUT2D eigenvalue weighted by Crippen LogP contribution is -2.04. The van der Waals surface area contributed by atoms with E-state index in [1.54, 1.807) is 29.9 Å². The molecular formula is C20H14N8O2S. The van der Waals surface area contributed by atoms with Crippen molar-refractivity contribution in [3.05, 3.63) is 59.9 Å². The minimum atomic E-state index is 0.217. The highest BCUT2D eigenvalue weighted by Gasteiger charge is 2.17. The van der Waals surface area contributed by atoms with Crippen LogP contribution in [0.2, 0.25) is 0 Å². The summed E-state index contributed by atoms with van der Waals surface area (Å²) >= 11 is 1.61. The van der Waals surface area contributed by atoms with Crippen molar-refractivity contribution in [2.45, 2.75) is 0 Å². The number of benzene rings is 1. The Kier molecular flexibility index (Phi) is 4.10. The van der Waals surface area contributed by atoms with E-state index in [-0.39, 0.29) is 6.79 Å². The fraction of sp³-hybridized carbons (Fsp3) is 0.0500. The molecule has 0 saturated heterocycles. The molecule has 0 aliphatic carbocycles. The topological polar surface area (TPSA) is 112 Å². The summed E-state index contributed by atoms with van der Waals surface area (Å²) < 4.78 is 12.8. The number of aromatic nitrogens is 6. The van der Waals surface area contributed by atoms with E-state index >= 15 is 0 Å². The highest BCUT2D eigenvalue weighted by Crippen LogP contribution is 2.36. The Morgan fingerprint density at radius 3 is 2.84 bits per heavy atom. The van der Waals surface area contributed by atoms with Gasteiger partial charge in [-0.1, -0.05) is 0 Å². The van der Waals surface area contributed by atoms with Crippen molar-refractivity contribution in [2.24, 2.45) is 0 Å². The van der Waals surface area contributed by atoms with E-state index < -0.39 is 0 Å². The van der Waals surface area contributed by atoms with Gasteiger partial charge in [0.15, 0.2) is 28.5 Å². The van der Waals surface area contributed by atoms with Crippen molar-refractivity contribution < 1.29 is 9.47 Å². The van der Waals surface area contributed by atoms with Gasteiger partial charge in [-0.3, -0.25) is 4.57 Å². The average molecular weight is 430 g/mol. The summed E-state index contributed by atoms with van der Waals surface area (Å²) in [6.45, 7) is 0.217. The molecule has 11 heteroatoms. The normalized spacial score (nSPS) is 12.3. The standard InChI is InChI=1S/C20H14N8O2S/c1-2-14-15(30-11-29-14)7-12(1)24-18-17-19(28(10-23-17)13-4-6-31-8-13)27-20(26-18)25-16-3-5-21-9-22-16/h1-10H,11H2,(H2,21,22,24,25,26,27). The SMILES string of the molecule is c1cc(Nc2nc(Nc3ccc4c(c3)OCO4)c3ncn(-c4ccsc4)c3n2)ncn1. The van der Waals surface area contributed by atoms with Crippen LogP contribution in [0.25, 0.3) is 16.9 Å². The second kappa shape index (κ2) is 7.22. The molecule has 31 heavy (non-hydrogen) atoms. The first-order valence-electron chi connectivity index (χ1n) is 9.31. The van der Waals surface area contributed by atoms with Crippen LogP contribution in [-0.2, 0) is 0 Å². The summed E-state index contributed by atoms with van der Waals surface area (Å²) in [7, 11) is 0. The van der Waals surface area contributed by atoms with E-state index in [0.29, 0.717) is 40.2 Å². The van der Waals surface area contributed by atoms with Crippen LogP contribution in [0, 0.1) is 0 Å². The number of ether oxygens (including phenoxy) is 2. The molecule has 6 rings (SSSR count). The summed E-state index contributed by atoms with van der Waals surface area (Å²) in [5.74, 6) is 2.91. The van der Waals surface area contributed by atoms with Gasteiger partial charge in [0.2, 0.25) is 12.7 Å². The van der Waals surface area contributed by atoms with Crippen LogP contribution in [0.3, 0.4) is 0 Å². The van der Waals surface area contributed by atoms with E-state index in [0.717, 1.165) is 11.4 Å². The quantitative estimate of drug-likeness (QED) is 0.429. The first-order chi connectivity index (χ1) is 15.3. The molecule has 5 heterocycles. The molecule has 0 amide bonds. The largest absolute Gasteiger partial charge is 0.454 e. The van der Waals surface area contributed by atoms with Gasteiger partial charge in [-0.25, -0.2) is 15.0 Å². The number of imidazole rings is 1. The molecule has 2 N–H and O–H groups in total. The third kappa shape index (κ3) is 3.26. The summed E-state index contributed by atoms with van der Waals surface area (Å²) in [5.41, 5.74) is 3.07. The van der Waals surface area contributed by atoms with Crippen LogP contribution in [0.4, 0.5) is 23.3 Å². The number of fused-ring (bicyclic) bond motifs is 2.